The largest absolute Gasteiger partial charge is 0.441 e. The summed E-state index contributed by atoms with van der Waals surface area (Å²) in [5.41, 5.74) is -0.0531. The molecule has 2 bridgehead atoms. The van der Waals surface area contributed by atoms with Gasteiger partial charge in [0.1, 0.15) is 5.60 Å². The zero-order valence-electron chi connectivity index (χ0n) is 10.6. The van der Waals surface area contributed by atoms with Crippen LogP contribution >= 0.6 is 0 Å². The number of rotatable bonds is 2. The van der Waals surface area contributed by atoms with Gasteiger partial charge in [-0.2, -0.15) is 0 Å². The first-order chi connectivity index (χ1) is 8.61. The molecule has 0 aromatic rings. The number of hydrogen-bond acceptors (Lipinski definition) is 4. The number of amides is 1. The van der Waals surface area contributed by atoms with Gasteiger partial charge in [0.25, 0.3) is 0 Å². The van der Waals surface area contributed by atoms with Gasteiger partial charge in [0.05, 0.1) is 6.54 Å². The lowest BCUT2D eigenvalue weighted by Gasteiger charge is -2.72. The monoisotopic (exact) mass is 252 g/mol. The van der Waals surface area contributed by atoms with Crippen molar-refractivity contribution in [1.29, 1.82) is 0 Å². The van der Waals surface area contributed by atoms with Crippen molar-refractivity contribution in [2.24, 2.45) is 5.41 Å². The van der Waals surface area contributed by atoms with Gasteiger partial charge in [-0.25, -0.2) is 4.79 Å². The van der Waals surface area contributed by atoms with Gasteiger partial charge in [0, 0.05) is 30.4 Å². The molecular formula is C13H20N2O3. The highest BCUT2D eigenvalue weighted by atomic mass is 16.6. The van der Waals surface area contributed by atoms with E-state index in [-0.39, 0.29) is 29.3 Å². The van der Waals surface area contributed by atoms with Crippen LogP contribution in [-0.4, -0.2) is 53.5 Å². The minimum absolute atomic E-state index is 0.0359. The van der Waals surface area contributed by atoms with E-state index < -0.39 is 0 Å². The number of aliphatic hydroxyl groups excluding tert-OH is 1. The maximum atomic E-state index is 12.1. The molecule has 0 aromatic heterocycles. The van der Waals surface area contributed by atoms with Crippen LogP contribution in [0.2, 0.25) is 0 Å². The molecule has 18 heavy (non-hydrogen) atoms. The lowest BCUT2D eigenvalue weighted by atomic mass is 9.39. The van der Waals surface area contributed by atoms with Crippen molar-refractivity contribution in [2.45, 2.75) is 43.2 Å². The van der Waals surface area contributed by atoms with E-state index in [0.29, 0.717) is 0 Å². The fourth-order valence-electron chi connectivity index (χ4n) is 4.52. The number of aliphatic hydroxyl groups is 1. The smallest absolute Gasteiger partial charge is 0.410 e. The third kappa shape index (κ3) is 1.21. The zero-order valence-corrected chi connectivity index (χ0v) is 10.6. The average Bonchev–Trinajstić information content (AvgIpc) is 2.54. The van der Waals surface area contributed by atoms with E-state index in [9.17, 15) is 9.90 Å². The Labute approximate surface area is 106 Å². The molecule has 1 spiro atoms. The SMILES string of the molecule is O=C1OC2(CCNCC2)CN1C12CC(CO)(C1)C2. The van der Waals surface area contributed by atoms with E-state index in [4.69, 9.17) is 4.74 Å². The van der Waals surface area contributed by atoms with Crippen LogP contribution in [-0.2, 0) is 4.74 Å². The molecule has 100 valence electrons. The van der Waals surface area contributed by atoms with E-state index in [1.807, 2.05) is 4.90 Å². The summed E-state index contributed by atoms with van der Waals surface area (Å²) in [6.45, 7) is 2.91. The minimum atomic E-state index is -0.232. The molecule has 0 radical (unpaired) electrons. The molecule has 0 aromatic carbocycles. The standard InChI is InChI=1S/C13H20N2O3/c16-9-11-5-12(6-11,7-11)15-8-13(18-10(15)17)1-3-14-4-2-13/h14,16H,1-9H2. The summed E-state index contributed by atoms with van der Waals surface area (Å²) in [6.07, 6.45) is 4.65. The lowest BCUT2D eigenvalue weighted by Crippen LogP contribution is -2.76. The molecule has 5 nitrogen and oxygen atoms in total. The van der Waals surface area contributed by atoms with Crippen LogP contribution in [0.15, 0.2) is 0 Å². The second kappa shape index (κ2) is 3.20. The first kappa shape index (κ1) is 11.1. The number of hydrogen-bond donors (Lipinski definition) is 2. The number of carbonyl (C=O) groups excluding carboxylic acids is 1. The molecule has 2 aliphatic heterocycles. The van der Waals surface area contributed by atoms with Gasteiger partial charge in [-0.15, -0.1) is 0 Å². The van der Waals surface area contributed by atoms with Crippen molar-refractivity contribution in [3.63, 3.8) is 0 Å². The third-order valence-electron chi connectivity index (χ3n) is 5.51. The van der Waals surface area contributed by atoms with Crippen molar-refractivity contribution in [1.82, 2.24) is 10.2 Å². The summed E-state index contributed by atoms with van der Waals surface area (Å²) in [5.74, 6) is 0. The minimum Gasteiger partial charge on any atom is -0.441 e. The first-order valence-corrected chi connectivity index (χ1v) is 6.93. The highest BCUT2D eigenvalue weighted by Crippen LogP contribution is 2.70. The topological polar surface area (TPSA) is 61.8 Å². The van der Waals surface area contributed by atoms with Gasteiger partial charge in [-0.1, -0.05) is 0 Å². The van der Waals surface area contributed by atoms with E-state index in [1.54, 1.807) is 0 Å². The Morgan fingerprint density at radius 1 is 1.28 bits per heavy atom. The van der Waals surface area contributed by atoms with E-state index in [0.717, 1.165) is 51.7 Å². The molecule has 5 aliphatic rings. The number of ether oxygens (including phenoxy) is 1. The molecule has 2 heterocycles. The third-order valence-corrected chi connectivity index (χ3v) is 5.51. The quantitative estimate of drug-likeness (QED) is 0.750. The summed E-state index contributed by atoms with van der Waals surface area (Å²) >= 11 is 0. The van der Waals surface area contributed by atoms with Crippen molar-refractivity contribution in [3.05, 3.63) is 0 Å². The number of nitrogens with one attached hydrogen (secondary N) is 1. The molecule has 5 rings (SSSR count). The fraction of sp³-hybridized carbons (Fsp3) is 0.923. The van der Waals surface area contributed by atoms with Crippen LogP contribution in [0.25, 0.3) is 0 Å². The molecule has 2 saturated heterocycles. The molecular weight excluding hydrogens is 232 g/mol. The summed E-state index contributed by atoms with van der Waals surface area (Å²) in [5, 5.41) is 12.6. The molecule has 0 atom stereocenters. The summed E-state index contributed by atoms with van der Waals surface area (Å²) in [7, 11) is 0. The van der Waals surface area contributed by atoms with Crippen molar-refractivity contribution in [3.8, 4) is 0 Å². The molecule has 3 saturated carbocycles. The van der Waals surface area contributed by atoms with Crippen LogP contribution < -0.4 is 5.32 Å². The van der Waals surface area contributed by atoms with E-state index >= 15 is 0 Å². The van der Waals surface area contributed by atoms with Gasteiger partial charge < -0.3 is 15.2 Å². The Kier molecular flexibility index (Phi) is 1.96. The predicted molar refractivity (Wildman–Crippen MR) is 64.1 cm³/mol. The molecule has 1 amide bonds. The first-order valence-electron chi connectivity index (χ1n) is 6.93. The fourth-order valence-corrected chi connectivity index (χ4v) is 4.52. The Morgan fingerprint density at radius 3 is 2.56 bits per heavy atom. The van der Waals surface area contributed by atoms with Crippen molar-refractivity contribution >= 4 is 6.09 Å². The normalized spacial score (nSPS) is 44.5. The summed E-state index contributed by atoms with van der Waals surface area (Å²) in [6, 6.07) is 0. The second-order valence-electron chi connectivity index (χ2n) is 6.80. The summed E-state index contributed by atoms with van der Waals surface area (Å²) in [4.78, 5) is 14.1. The second-order valence-corrected chi connectivity index (χ2v) is 6.80. The molecule has 2 N–H and O–H groups in total. The maximum Gasteiger partial charge on any atom is 0.410 e. The van der Waals surface area contributed by atoms with Crippen LogP contribution in [0.5, 0.6) is 0 Å². The van der Waals surface area contributed by atoms with E-state index in [1.165, 1.54) is 0 Å². The van der Waals surface area contributed by atoms with Crippen LogP contribution in [0, 0.1) is 5.41 Å². The highest BCUT2D eigenvalue weighted by molar-refractivity contribution is 5.73. The average molecular weight is 252 g/mol. The Morgan fingerprint density at radius 2 is 1.94 bits per heavy atom. The van der Waals surface area contributed by atoms with Gasteiger partial charge >= 0.3 is 6.09 Å². The van der Waals surface area contributed by atoms with Crippen molar-refractivity contribution in [2.75, 3.05) is 26.2 Å². The lowest BCUT2D eigenvalue weighted by molar-refractivity contribution is -0.219. The van der Waals surface area contributed by atoms with Crippen LogP contribution in [0.4, 0.5) is 4.79 Å². The van der Waals surface area contributed by atoms with Gasteiger partial charge in [0.15, 0.2) is 0 Å². The molecule has 0 unspecified atom stereocenters. The number of piperidine rings is 1. The van der Waals surface area contributed by atoms with Gasteiger partial charge in [-0.3, -0.25) is 4.90 Å². The predicted octanol–water partition coefficient (Wildman–Crippen LogP) is 0.476. The number of nitrogens with zero attached hydrogens (tertiary/aromatic N) is 1. The van der Waals surface area contributed by atoms with Crippen LogP contribution in [0.3, 0.4) is 0 Å². The maximum absolute atomic E-state index is 12.1. The Bertz CT molecular complexity index is 383. The Balaban J connectivity index is 1.50. The van der Waals surface area contributed by atoms with Crippen molar-refractivity contribution < 1.29 is 14.6 Å². The zero-order chi connectivity index (χ0) is 12.4. The van der Waals surface area contributed by atoms with Gasteiger partial charge in [-0.05, 0) is 32.4 Å². The molecule has 3 aliphatic carbocycles. The highest BCUT2D eigenvalue weighted by Gasteiger charge is 2.72. The summed E-state index contributed by atoms with van der Waals surface area (Å²) < 4.78 is 5.70. The molecule has 5 heteroatoms. The van der Waals surface area contributed by atoms with Gasteiger partial charge in [0.2, 0.25) is 0 Å². The molecule has 5 fully saturated rings. The number of carbonyl (C=O) groups is 1. The van der Waals surface area contributed by atoms with Crippen LogP contribution in [0.1, 0.15) is 32.1 Å². The Hall–Kier alpha value is -0.810. The van der Waals surface area contributed by atoms with E-state index in [2.05, 4.69) is 5.32 Å².